The highest BCUT2D eigenvalue weighted by molar-refractivity contribution is 5.34. The van der Waals surface area contributed by atoms with Crippen molar-refractivity contribution in [3.05, 3.63) is 46.2 Å². The maximum absolute atomic E-state index is 10.7. The molecule has 0 spiro atoms. The Labute approximate surface area is 85.7 Å². The largest absolute Gasteiger partial charge is 0.496 e. The van der Waals surface area contributed by atoms with Gasteiger partial charge in [-0.15, -0.1) is 0 Å². The molecule has 0 bridgehead atoms. The van der Waals surface area contributed by atoms with E-state index >= 15 is 0 Å². The van der Waals surface area contributed by atoms with E-state index in [4.69, 9.17) is 4.74 Å². The minimum Gasteiger partial charge on any atom is -0.496 e. The molecule has 0 saturated heterocycles. The molecule has 0 aliphatic carbocycles. The molecule has 0 radical (unpaired) electrons. The van der Waals surface area contributed by atoms with E-state index in [-0.39, 0.29) is 0 Å². The molecule has 5 heteroatoms. The first-order valence-electron chi connectivity index (χ1n) is 4.46. The zero-order valence-electron chi connectivity index (χ0n) is 8.19. The molecular formula is C10H10N2O3. The highest BCUT2D eigenvalue weighted by Gasteiger charge is 2.06. The highest BCUT2D eigenvalue weighted by atomic mass is 16.5. The van der Waals surface area contributed by atoms with E-state index in [0.29, 0.717) is 12.2 Å². The number of hydrogen-bond donors (Lipinski definition) is 1. The minimum absolute atomic E-state index is 0.482. The second-order valence-electron chi connectivity index (χ2n) is 3.03. The van der Waals surface area contributed by atoms with E-state index in [0.717, 1.165) is 11.3 Å². The van der Waals surface area contributed by atoms with Crippen molar-refractivity contribution in [2.75, 3.05) is 7.11 Å². The predicted molar refractivity (Wildman–Crippen MR) is 52.9 cm³/mol. The Kier molecular flexibility index (Phi) is 2.53. The molecule has 15 heavy (non-hydrogen) atoms. The van der Waals surface area contributed by atoms with Gasteiger partial charge in [-0.1, -0.05) is 23.4 Å². The zero-order chi connectivity index (χ0) is 10.7. The summed E-state index contributed by atoms with van der Waals surface area (Å²) in [5.41, 5.74) is 0.949. The van der Waals surface area contributed by atoms with Crippen molar-refractivity contribution in [1.29, 1.82) is 0 Å². The van der Waals surface area contributed by atoms with Gasteiger partial charge >= 0.3 is 5.76 Å². The number of aromatic amines is 1. The number of hydrogen-bond acceptors (Lipinski definition) is 4. The number of rotatable bonds is 3. The number of ether oxygens (including phenoxy) is 1. The molecular weight excluding hydrogens is 196 g/mol. The van der Waals surface area contributed by atoms with E-state index in [9.17, 15) is 4.79 Å². The van der Waals surface area contributed by atoms with Crippen LogP contribution in [0.5, 0.6) is 5.75 Å². The fourth-order valence-corrected chi connectivity index (χ4v) is 1.37. The third-order valence-corrected chi connectivity index (χ3v) is 2.04. The van der Waals surface area contributed by atoms with Crippen LogP contribution >= 0.6 is 0 Å². The Bertz CT molecular complexity index is 501. The second kappa shape index (κ2) is 4.00. The van der Waals surface area contributed by atoms with Gasteiger partial charge in [0.05, 0.1) is 7.11 Å². The molecule has 0 fully saturated rings. The van der Waals surface area contributed by atoms with E-state index < -0.39 is 5.76 Å². The quantitative estimate of drug-likeness (QED) is 0.812. The number of nitrogens with one attached hydrogen (secondary N) is 1. The van der Waals surface area contributed by atoms with Gasteiger partial charge in [-0.2, -0.15) is 0 Å². The summed E-state index contributed by atoms with van der Waals surface area (Å²) >= 11 is 0. The Balaban J connectivity index is 2.27. The van der Waals surface area contributed by atoms with Crippen LogP contribution in [0.4, 0.5) is 0 Å². The SMILES string of the molecule is COc1ccccc1Cc1noc(=O)[nH]1. The molecule has 0 saturated carbocycles. The smallest absolute Gasteiger partial charge is 0.438 e. The van der Waals surface area contributed by atoms with Gasteiger partial charge in [-0.25, -0.2) is 4.79 Å². The molecule has 1 aromatic carbocycles. The van der Waals surface area contributed by atoms with Gasteiger partial charge in [0, 0.05) is 12.0 Å². The van der Waals surface area contributed by atoms with E-state index in [2.05, 4.69) is 14.7 Å². The number of H-pyrrole nitrogens is 1. The normalized spacial score (nSPS) is 10.2. The number of aromatic nitrogens is 2. The minimum atomic E-state index is -0.542. The number of methoxy groups -OCH3 is 1. The second-order valence-corrected chi connectivity index (χ2v) is 3.03. The van der Waals surface area contributed by atoms with Crippen LogP contribution in [0.25, 0.3) is 0 Å². The zero-order valence-corrected chi connectivity index (χ0v) is 8.19. The van der Waals surface area contributed by atoms with Gasteiger partial charge in [-0.05, 0) is 6.07 Å². The highest BCUT2D eigenvalue weighted by Crippen LogP contribution is 2.18. The summed E-state index contributed by atoms with van der Waals surface area (Å²) < 4.78 is 9.58. The summed E-state index contributed by atoms with van der Waals surface area (Å²) in [6, 6.07) is 7.54. The van der Waals surface area contributed by atoms with E-state index in [1.165, 1.54) is 0 Å². The lowest BCUT2D eigenvalue weighted by Gasteiger charge is -2.05. The summed E-state index contributed by atoms with van der Waals surface area (Å²) in [6.45, 7) is 0. The van der Waals surface area contributed by atoms with Crippen LogP contribution in [-0.2, 0) is 6.42 Å². The average Bonchev–Trinajstić information content (AvgIpc) is 2.65. The molecule has 0 aliphatic rings. The third-order valence-electron chi connectivity index (χ3n) is 2.04. The monoisotopic (exact) mass is 206 g/mol. The fourth-order valence-electron chi connectivity index (χ4n) is 1.37. The van der Waals surface area contributed by atoms with Gasteiger partial charge in [0.15, 0.2) is 5.82 Å². The van der Waals surface area contributed by atoms with Crippen molar-refractivity contribution in [1.82, 2.24) is 10.1 Å². The number of nitrogens with zero attached hydrogens (tertiary/aromatic N) is 1. The van der Waals surface area contributed by atoms with Gasteiger partial charge in [0.1, 0.15) is 5.75 Å². The summed E-state index contributed by atoms with van der Waals surface area (Å²) in [6.07, 6.45) is 0.482. The third kappa shape index (κ3) is 2.07. The van der Waals surface area contributed by atoms with Crippen LogP contribution in [0.3, 0.4) is 0 Å². The standard InChI is InChI=1S/C10H10N2O3/c1-14-8-5-3-2-4-7(8)6-9-11-10(13)15-12-9/h2-5H,6H2,1H3,(H,11,12,13). The summed E-state index contributed by atoms with van der Waals surface area (Å²) in [5.74, 6) is 0.714. The van der Waals surface area contributed by atoms with Crippen molar-refractivity contribution in [3.8, 4) is 5.75 Å². The first-order valence-corrected chi connectivity index (χ1v) is 4.46. The Morgan fingerprint density at radius 2 is 2.27 bits per heavy atom. The van der Waals surface area contributed by atoms with Gasteiger partial charge in [-0.3, -0.25) is 9.51 Å². The molecule has 1 N–H and O–H groups in total. The number of benzene rings is 1. The maximum Gasteiger partial charge on any atom is 0.438 e. The maximum atomic E-state index is 10.7. The lowest BCUT2D eigenvalue weighted by atomic mass is 10.1. The average molecular weight is 206 g/mol. The Morgan fingerprint density at radius 3 is 2.93 bits per heavy atom. The van der Waals surface area contributed by atoms with Gasteiger partial charge in [0.2, 0.25) is 0 Å². The van der Waals surface area contributed by atoms with E-state index in [1.807, 2.05) is 24.3 Å². The lowest BCUT2D eigenvalue weighted by molar-refractivity contribution is 0.381. The van der Waals surface area contributed by atoms with Crippen molar-refractivity contribution in [2.45, 2.75) is 6.42 Å². The Morgan fingerprint density at radius 1 is 1.47 bits per heavy atom. The van der Waals surface area contributed by atoms with Crippen molar-refractivity contribution in [2.24, 2.45) is 0 Å². The number of para-hydroxylation sites is 1. The van der Waals surface area contributed by atoms with Crippen LogP contribution in [0.1, 0.15) is 11.4 Å². The topological polar surface area (TPSA) is 68.1 Å². The molecule has 5 nitrogen and oxygen atoms in total. The first kappa shape index (κ1) is 9.51. The molecule has 0 aliphatic heterocycles. The van der Waals surface area contributed by atoms with Crippen LogP contribution in [0, 0.1) is 0 Å². The fraction of sp³-hybridized carbons (Fsp3) is 0.200. The summed E-state index contributed by atoms with van der Waals surface area (Å²) in [4.78, 5) is 13.2. The molecule has 2 rings (SSSR count). The predicted octanol–water partition coefficient (Wildman–Crippen LogP) is 0.962. The van der Waals surface area contributed by atoms with Gasteiger partial charge in [0.25, 0.3) is 0 Å². The van der Waals surface area contributed by atoms with Crippen molar-refractivity contribution >= 4 is 0 Å². The van der Waals surface area contributed by atoms with Crippen LogP contribution < -0.4 is 10.5 Å². The molecule has 0 unspecified atom stereocenters. The van der Waals surface area contributed by atoms with Crippen molar-refractivity contribution in [3.63, 3.8) is 0 Å². The van der Waals surface area contributed by atoms with Gasteiger partial charge < -0.3 is 4.74 Å². The van der Waals surface area contributed by atoms with Crippen LogP contribution in [-0.4, -0.2) is 17.3 Å². The first-order chi connectivity index (χ1) is 7.29. The van der Waals surface area contributed by atoms with Crippen molar-refractivity contribution < 1.29 is 9.26 Å². The summed E-state index contributed by atoms with van der Waals surface area (Å²) in [5, 5.41) is 3.59. The summed E-state index contributed by atoms with van der Waals surface area (Å²) in [7, 11) is 1.60. The molecule has 0 atom stereocenters. The lowest BCUT2D eigenvalue weighted by Crippen LogP contribution is -1.99. The molecule has 1 heterocycles. The molecule has 1 aromatic heterocycles. The van der Waals surface area contributed by atoms with E-state index in [1.54, 1.807) is 7.11 Å². The molecule has 2 aromatic rings. The van der Waals surface area contributed by atoms with Crippen LogP contribution in [0.15, 0.2) is 33.6 Å². The molecule has 78 valence electrons. The molecule has 0 amide bonds. The van der Waals surface area contributed by atoms with Crippen LogP contribution in [0.2, 0.25) is 0 Å². The Hall–Kier alpha value is -2.04.